The van der Waals surface area contributed by atoms with Crippen molar-refractivity contribution < 1.29 is 0 Å². The van der Waals surface area contributed by atoms with E-state index in [4.69, 9.17) is 0 Å². The summed E-state index contributed by atoms with van der Waals surface area (Å²) >= 11 is 1.83. The molecule has 5 heteroatoms. The molecule has 0 N–H and O–H groups in total. The number of rotatable bonds is 2. The Morgan fingerprint density at radius 2 is 0.970 bits per heavy atom. The van der Waals surface area contributed by atoms with Crippen LogP contribution in [-0.4, -0.2) is 19.9 Å². The molecule has 0 aliphatic rings. The third kappa shape index (κ3) is 2.76. The summed E-state index contributed by atoms with van der Waals surface area (Å²) < 4.78 is 2.51. The second-order valence-electron chi connectivity index (χ2n) is 8.02. The lowest BCUT2D eigenvalue weighted by atomic mass is 9.94. The Hall–Kier alpha value is -4.22. The van der Waals surface area contributed by atoms with Gasteiger partial charge in [-0.2, -0.15) is 0 Å². The molecule has 0 aliphatic heterocycles. The van der Waals surface area contributed by atoms with Crippen molar-refractivity contribution in [2.24, 2.45) is 0 Å². The zero-order valence-corrected chi connectivity index (χ0v) is 18.3. The van der Waals surface area contributed by atoms with Gasteiger partial charge in [0.2, 0.25) is 0 Å². The first-order valence-electron chi connectivity index (χ1n) is 10.7. The van der Waals surface area contributed by atoms with E-state index in [0.29, 0.717) is 0 Å². The van der Waals surface area contributed by atoms with Crippen LogP contribution in [0.25, 0.3) is 64.0 Å². The summed E-state index contributed by atoms with van der Waals surface area (Å²) in [4.78, 5) is 17.6. The molecule has 7 rings (SSSR count). The molecule has 5 heterocycles. The average Bonchev–Trinajstić information content (AvgIpc) is 3.28. The van der Waals surface area contributed by atoms with Crippen molar-refractivity contribution in [1.29, 1.82) is 0 Å². The molecule has 154 valence electrons. The number of pyridine rings is 4. The quantitative estimate of drug-likeness (QED) is 0.284. The van der Waals surface area contributed by atoms with Crippen molar-refractivity contribution in [2.75, 3.05) is 0 Å². The highest BCUT2D eigenvalue weighted by atomic mass is 32.1. The summed E-state index contributed by atoms with van der Waals surface area (Å²) in [5, 5.41) is 7.23. The smallest absolute Gasteiger partial charge is 0.0368 e. The maximum Gasteiger partial charge on any atom is 0.0368 e. The minimum absolute atomic E-state index is 1.10. The van der Waals surface area contributed by atoms with Gasteiger partial charge in [0.05, 0.1) is 0 Å². The molecule has 33 heavy (non-hydrogen) atoms. The SMILES string of the molecule is c1cncc(-c2cc3sc4cc(-c5cccnc5)c5cnccc5c4c3c3ccncc23)c1. The van der Waals surface area contributed by atoms with E-state index in [2.05, 4.69) is 56.3 Å². The van der Waals surface area contributed by atoms with Crippen LogP contribution < -0.4 is 0 Å². The molecule has 0 spiro atoms. The van der Waals surface area contributed by atoms with Gasteiger partial charge in [-0.3, -0.25) is 19.9 Å². The highest BCUT2D eigenvalue weighted by Crippen LogP contribution is 2.46. The number of nitrogens with zero attached hydrogens (tertiary/aromatic N) is 4. The summed E-state index contributed by atoms with van der Waals surface area (Å²) in [5.74, 6) is 0. The number of hydrogen-bond donors (Lipinski definition) is 0. The maximum atomic E-state index is 4.45. The minimum atomic E-state index is 1.10. The first-order chi connectivity index (χ1) is 16.4. The lowest BCUT2D eigenvalue weighted by Gasteiger charge is -2.10. The van der Waals surface area contributed by atoms with Crippen LogP contribution in [0, 0.1) is 0 Å². The van der Waals surface area contributed by atoms with Gasteiger partial charge >= 0.3 is 0 Å². The van der Waals surface area contributed by atoms with Gasteiger partial charge in [-0.15, -0.1) is 11.3 Å². The Morgan fingerprint density at radius 1 is 0.485 bits per heavy atom. The molecule has 0 radical (unpaired) electrons. The van der Waals surface area contributed by atoms with Gasteiger partial charge in [0.15, 0.2) is 0 Å². The van der Waals surface area contributed by atoms with Crippen LogP contribution in [0.5, 0.6) is 0 Å². The molecule has 0 aliphatic carbocycles. The van der Waals surface area contributed by atoms with E-state index in [0.717, 1.165) is 33.0 Å². The number of benzene rings is 2. The number of hydrogen-bond acceptors (Lipinski definition) is 5. The summed E-state index contributed by atoms with van der Waals surface area (Å²) in [6.45, 7) is 0. The molecule has 5 aromatic heterocycles. The minimum Gasteiger partial charge on any atom is -0.264 e. The molecule has 0 fully saturated rings. The predicted molar refractivity (Wildman–Crippen MR) is 136 cm³/mol. The van der Waals surface area contributed by atoms with Crippen molar-refractivity contribution in [3.63, 3.8) is 0 Å². The fourth-order valence-electron chi connectivity index (χ4n) is 4.80. The summed E-state index contributed by atoms with van der Waals surface area (Å²) in [5.41, 5.74) is 4.51. The van der Waals surface area contributed by atoms with Gasteiger partial charge in [-0.05, 0) is 58.3 Å². The zero-order chi connectivity index (χ0) is 21.8. The van der Waals surface area contributed by atoms with Gasteiger partial charge < -0.3 is 0 Å². The summed E-state index contributed by atoms with van der Waals surface area (Å²) in [6.07, 6.45) is 15.1. The molecule has 0 saturated carbocycles. The van der Waals surface area contributed by atoms with Crippen molar-refractivity contribution in [1.82, 2.24) is 19.9 Å². The van der Waals surface area contributed by atoms with Gasteiger partial charge in [-0.25, -0.2) is 0 Å². The maximum absolute atomic E-state index is 4.45. The Kier molecular flexibility index (Phi) is 3.98. The molecule has 0 atom stereocenters. The van der Waals surface area contributed by atoms with E-state index >= 15 is 0 Å². The van der Waals surface area contributed by atoms with Gasteiger partial charge in [0, 0.05) is 91.6 Å². The van der Waals surface area contributed by atoms with Crippen LogP contribution in [0.2, 0.25) is 0 Å². The van der Waals surface area contributed by atoms with E-state index in [1.165, 1.54) is 30.9 Å². The van der Waals surface area contributed by atoms with E-state index < -0.39 is 0 Å². The highest BCUT2D eigenvalue weighted by Gasteiger charge is 2.18. The Morgan fingerprint density at radius 3 is 1.42 bits per heavy atom. The zero-order valence-electron chi connectivity index (χ0n) is 17.4. The normalized spacial score (nSPS) is 11.6. The molecule has 7 aromatic rings. The van der Waals surface area contributed by atoms with Gasteiger partial charge in [0.25, 0.3) is 0 Å². The molecule has 0 unspecified atom stereocenters. The second-order valence-corrected chi connectivity index (χ2v) is 9.11. The first kappa shape index (κ1) is 18.4. The van der Waals surface area contributed by atoms with E-state index in [9.17, 15) is 0 Å². The molecular weight excluding hydrogens is 424 g/mol. The predicted octanol–water partition coefficient (Wildman–Crippen LogP) is 7.27. The number of fused-ring (bicyclic) bond motifs is 7. The molecular formula is C28H16N4S. The van der Waals surface area contributed by atoms with E-state index in [1.807, 2.05) is 73.0 Å². The second kappa shape index (κ2) is 7.15. The Balaban J connectivity index is 1.67. The molecule has 2 aromatic carbocycles. The van der Waals surface area contributed by atoms with Crippen LogP contribution >= 0.6 is 11.3 Å². The van der Waals surface area contributed by atoms with E-state index in [-0.39, 0.29) is 0 Å². The topological polar surface area (TPSA) is 51.6 Å². The average molecular weight is 441 g/mol. The van der Waals surface area contributed by atoms with Crippen LogP contribution in [0.1, 0.15) is 0 Å². The largest absolute Gasteiger partial charge is 0.264 e. The number of aromatic nitrogens is 4. The monoisotopic (exact) mass is 440 g/mol. The van der Waals surface area contributed by atoms with Crippen LogP contribution in [0.4, 0.5) is 0 Å². The number of thiophene rings is 1. The van der Waals surface area contributed by atoms with Crippen molar-refractivity contribution in [3.8, 4) is 22.3 Å². The molecule has 4 nitrogen and oxygen atoms in total. The van der Waals surface area contributed by atoms with Gasteiger partial charge in [-0.1, -0.05) is 12.1 Å². The van der Waals surface area contributed by atoms with Crippen molar-refractivity contribution >= 4 is 53.1 Å². The molecule has 0 bridgehead atoms. The summed E-state index contributed by atoms with van der Waals surface area (Å²) in [6, 6.07) is 17.0. The van der Waals surface area contributed by atoms with Crippen LogP contribution in [0.3, 0.4) is 0 Å². The standard InChI is InChI=1S/C28H16N4S/c1-3-17(13-29-7-1)21-11-25-27(19-5-9-31-15-23(19)21)28-20-6-10-32-16-24(20)22(12-26(28)33-25)18-4-2-8-30-14-18/h1-16H. The van der Waals surface area contributed by atoms with Crippen LogP contribution in [0.15, 0.2) is 98.1 Å². The molecule has 0 saturated heterocycles. The lowest BCUT2D eigenvalue weighted by molar-refractivity contribution is 1.33. The Labute approximate surface area is 193 Å². The third-order valence-electron chi connectivity index (χ3n) is 6.22. The van der Waals surface area contributed by atoms with Crippen LogP contribution in [-0.2, 0) is 0 Å². The Bertz CT molecular complexity index is 1680. The third-order valence-corrected chi connectivity index (χ3v) is 7.30. The molecule has 0 amide bonds. The first-order valence-corrected chi connectivity index (χ1v) is 11.5. The van der Waals surface area contributed by atoms with Crippen molar-refractivity contribution in [3.05, 3.63) is 98.1 Å². The van der Waals surface area contributed by atoms with Crippen molar-refractivity contribution in [2.45, 2.75) is 0 Å². The fourth-order valence-corrected chi connectivity index (χ4v) is 6.02. The van der Waals surface area contributed by atoms with E-state index in [1.54, 1.807) is 0 Å². The summed E-state index contributed by atoms with van der Waals surface area (Å²) in [7, 11) is 0. The van der Waals surface area contributed by atoms with Gasteiger partial charge in [0.1, 0.15) is 0 Å². The lowest BCUT2D eigenvalue weighted by Crippen LogP contribution is -1.86. The fraction of sp³-hybridized carbons (Fsp3) is 0. The highest BCUT2D eigenvalue weighted by molar-refractivity contribution is 7.26.